The molecule has 0 radical (unpaired) electrons. The molecule has 0 saturated carbocycles. The predicted octanol–water partition coefficient (Wildman–Crippen LogP) is 5.17. The van der Waals surface area contributed by atoms with Gasteiger partial charge in [0.1, 0.15) is 24.9 Å². The molecule has 2 aromatic carbocycles. The Morgan fingerprint density at radius 1 is 1.08 bits per heavy atom. The van der Waals surface area contributed by atoms with Crippen LogP contribution in [0.5, 0.6) is 5.75 Å². The topological polar surface area (TPSA) is 90.9 Å². The van der Waals surface area contributed by atoms with E-state index in [1.165, 1.54) is 7.11 Å². The number of methoxy groups -OCH3 is 1. The number of esters is 2. The minimum absolute atomic E-state index is 0.256. The highest BCUT2D eigenvalue weighted by molar-refractivity contribution is 7.99. The zero-order valence-electron chi connectivity index (χ0n) is 22.8. The number of dihydropyridines is 1. The average Bonchev–Trinajstić information content (AvgIpc) is 2.94. The van der Waals surface area contributed by atoms with Crippen molar-refractivity contribution in [2.45, 2.75) is 39.7 Å². The molecule has 1 aliphatic heterocycles. The molecule has 0 fully saturated rings. The van der Waals surface area contributed by atoms with Crippen LogP contribution in [0.2, 0.25) is 0 Å². The molecule has 1 N–H and O–H groups in total. The Morgan fingerprint density at radius 3 is 2.51 bits per heavy atom. The first kappa shape index (κ1) is 28.5. The fraction of sp³-hybridized carbons (Fsp3) is 0.387. The maximum atomic E-state index is 14.0. The summed E-state index contributed by atoms with van der Waals surface area (Å²) < 4.78 is 16.9. The van der Waals surface area contributed by atoms with Crippen LogP contribution in [0.25, 0.3) is 0 Å². The summed E-state index contributed by atoms with van der Waals surface area (Å²) in [5.74, 6) is -1.21. The van der Waals surface area contributed by atoms with E-state index in [1.807, 2.05) is 75.4 Å². The first-order chi connectivity index (χ1) is 18.9. The molecule has 0 saturated heterocycles. The number of thioether (sulfide) groups is 1. The third-order valence-corrected chi connectivity index (χ3v) is 7.96. The number of ketones is 1. The average molecular weight is 550 g/mol. The molecular formula is C31H35NO6S. The normalized spacial score (nSPS) is 20.7. The molecule has 0 unspecified atom stereocenters. The molecule has 39 heavy (non-hydrogen) atoms. The van der Waals surface area contributed by atoms with Crippen LogP contribution in [0, 0.1) is 11.8 Å². The van der Waals surface area contributed by atoms with Crippen molar-refractivity contribution in [1.82, 2.24) is 5.32 Å². The van der Waals surface area contributed by atoms with Gasteiger partial charge in [-0.15, -0.1) is 0 Å². The molecular weight excluding hydrogens is 514 g/mol. The zero-order chi connectivity index (χ0) is 27.9. The van der Waals surface area contributed by atoms with Crippen LogP contribution < -0.4 is 10.1 Å². The minimum atomic E-state index is -0.952. The van der Waals surface area contributed by atoms with Gasteiger partial charge in [-0.2, -0.15) is 11.8 Å². The Kier molecular flexibility index (Phi) is 9.51. The van der Waals surface area contributed by atoms with E-state index in [0.717, 1.165) is 11.3 Å². The van der Waals surface area contributed by atoms with Gasteiger partial charge in [-0.25, -0.2) is 4.79 Å². The number of rotatable bonds is 10. The van der Waals surface area contributed by atoms with E-state index < -0.39 is 23.8 Å². The summed E-state index contributed by atoms with van der Waals surface area (Å²) in [6.07, 6.45) is 0.469. The van der Waals surface area contributed by atoms with Crippen molar-refractivity contribution in [1.29, 1.82) is 0 Å². The highest BCUT2D eigenvalue weighted by Gasteiger charge is 2.47. The zero-order valence-corrected chi connectivity index (χ0v) is 23.6. The maximum Gasteiger partial charge on any atom is 0.336 e. The Labute approximate surface area is 234 Å². The van der Waals surface area contributed by atoms with Crippen molar-refractivity contribution < 1.29 is 28.6 Å². The van der Waals surface area contributed by atoms with Crippen molar-refractivity contribution in [2.75, 3.05) is 25.2 Å². The van der Waals surface area contributed by atoms with E-state index in [9.17, 15) is 14.4 Å². The number of hydrogen-bond donors (Lipinski definition) is 1. The Bertz CT molecular complexity index is 1280. The van der Waals surface area contributed by atoms with E-state index in [1.54, 1.807) is 11.8 Å². The summed E-state index contributed by atoms with van der Waals surface area (Å²) in [5.41, 5.74) is 3.73. The number of carbonyl (C=O) groups is 3. The highest BCUT2D eigenvalue weighted by Crippen LogP contribution is 2.47. The van der Waals surface area contributed by atoms with Gasteiger partial charge in [0.05, 0.1) is 18.6 Å². The van der Waals surface area contributed by atoms with Gasteiger partial charge in [0, 0.05) is 28.3 Å². The molecule has 8 heteroatoms. The summed E-state index contributed by atoms with van der Waals surface area (Å²) in [4.78, 5) is 40.3. The first-order valence-corrected chi connectivity index (χ1v) is 14.4. The van der Waals surface area contributed by atoms with E-state index in [2.05, 4.69) is 5.32 Å². The minimum Gasteiger partial charge on any atom is -0.489 e. The molecule has 0 spiro atoms. The summed E-state index contributed by atoms with van der Waals surface area (Å²) in [7, 11) is 1.29. The lowest BCUT2D eigenvalue weighted by molar-refractivity contribution is -0.151. The number of benzene rings is 2. The smallest absolute Gasteiger partial charge is 0.336 e. The second kappa shape index (κ2) is 13.0. The molecule has 3 atom stereocenters. The van der Waals surface area contributed by atoms with Gasteiger partial charge in [-0.05, 0) is 36.6 Å². The molecule has 7 nitrogen and oxygen atoms in total. The van der Waals surface area contributed by atoms with Gasteiger partial charge in [0.25, 0.3) is 0 Å². The SMILES string of the molecule is CCSCCOC(=O)C1=C(C)NC2=C(C(=O)[C@H](C(=O)OC)[C@H](C)C2)[C@@H]1c1ccccc1OCc1ccccc1. The first-order valence-electron chi connectivity index (χ1n) is 13.2. The molecule has 1 heterocycles. The molecule has 0 amide bonds. The van der Waals surface area contributed by atoms with Crippen LogP contribution in [-0.2, 0) is 30.5 Å². The molecule has 4 rings (SSSR count). The predicted molar refractivity (Wildman–Crippen MR) is 151 cm³/mol. The Hall–Kier alpha value is -3.52. The summed E-state index contributed by atoms with van der Waals surface area (Å²) in [5, 5.41) is 3.31. The standard InChI is InChI=1S/C31H35NO6S/c1-5-39-16-15-37-31(35)26-20(3)32-23-17-19(2)25(30(34)36-4)29(33)28(23)27(26)22-13-9-10-14-24(22)38-18-21-11-7-6-8-12-21/h6-14,19,25,27,32H,5,15-18H2,1-4H3/t19-,25-,27-/m1/s1. The summed E-state index contributed by atoms with van der Waals surface area (Å²) in [6.45, 7) is 6.32. The van der Waals surface area contributed by atoms with Gasteiger partial charge in [0.2, 0.25) is 0 Å². The second-order valence-electron chi connectivity index (χ2n) is 9.68. The molecule has 206 valence electrons. The maximum absolute atomic E-state index is 14.0. The van der Waals surface area contributed by atoms with Crippen LogP contribution in [0.1, 0.15) is 44.2 Å². The van der Waals surface area contributed by atoms with Crippen molar-refractivity contribution >= 4 is 29.5 Å². The number of nitrogens with one attached hydrogen (secondary N) is 1. The number of hydrogen-bond acceptors (Lipinski definition) is 8. The Morgan fingerprint density at radius 2 is 1.79 bits per heavy atom. The van der Waals surface area contributed by atoms with Gasteiger partial charge in [0.15, 0.2) is 5.78 Å². The summed E-state index contributed by atoms with van der Waals surface area (Å²) >= 11 is 1.68. The monoisotopic (exact) mass is 549 g/mol. The van der Waals surface area contributed by atoms with Crippen molar-refractivity contribution in [3.05, 3.63) is 88.3 Å². The molecule has 0 aromatic heterocycles. The van der Waals surface area contributed by atoms with Crippen LogP contribution in [0.15, 0.2) is 77.1 Å². The number of allylic oxidation sites excluding steroid dienone is 3. The quantitative estimate of drug-likeness (QED) is 0.247. The second-order valence-corrected chi connectivity index (χ2v) is 11.1. The number of Topliss-reactive ketones (excluding diaryl/α,β-unsaturated/α-hetero) is 1. The van der Waals surface area contributed by atoms with Crippen LogP contribution in [0.4, 0.5) is 0 Å². The van der Waals surface area contributed by atoms with E-state index in [0.29, 0.717) is 52.6 Å². The number of ether oxygens (including phenoxy) is 3. The van der Waals surface area contributed by atoms with Crippen molar-refractivity contribution in [3.8, 4) is 5.75 Å². The van der Waals surface area contributed by atoms with Crippen molar-refractivity contribution in [3.63, 3.8) is 0 Å². The molecule has 2 aliphatic rings. The van der Waals surface area contributed by atoms with Crippen molar-refractivity contribution in [2.24, 2.45) is 11.8 Å². The van der Waals surface area contributed by atoms with E-state index in [-0.39, 0.29) is 18.3 Å². The largest absolute Gasteiger partial charge is 0.489 e. The third-order valence-electron chi connectivity index (χ3n) is 7.10. The number of para-hydroxylation sites is 1. The lowest BCUT2D eigenvalue weighted by atomic mass is 9.69. The van der Waals surface area contributed by atoms with Gasteiger partial charge in [-0.1, -0.05) is 62.4 Å². The van der Waals surface area contributed by atoms with Crippen LogP contribution in [-0.4, -0.2) is 42.9 Å². The van der Waals surface area contributed by atoms with E-state index >= 15 is 0 Å². The van der Waals surface area contributed by atoms with Gasteiger partial charge >= 0.3 is 11.9 Å². The van der Waals surface area contributed by atoms with Gasteiger partial charge in [-0.3, -0.25) is 9.59 Å². The van der Waals surface area contributed by atoms with E-state index in [4.69, 9.17) is 14.2 Å². The van der Waals surface area contributed by atoms with Crippen LogP contribution in [0.3, 0.4) is 0 Å². The summed E-state index contributed by atoms with van der Waals surface area (Å²) in [6, 6.07) is 17.2. The third kappa shape index (κ3) is 6.22. The fourth-order valence-corrected chi connectivity index (χ4v) is 5.75. The lowest BCUT2D eigenvalue weighted by Gasteiger charge is -2.38. The molecule has 1 aliphatic carbocycles. The van der Waals surface area contributed by atoms with Crippen LogP contribution >= 0.6 is 11.8 Å². The lowest BCUT2D eigenvalue weighted by Crippen LogP contribution is -2.43. The number of carbonyl (C=O) groups excluding carboxylic acids is 3. The molecule has 2 aromatic rings. The molecule has 0 bridgehead atoms. The van der Waals surface area contributed by atoms with Gasteiger partial charge < -0.3 is 19.5 Å². The fourth-order valence-electron chi connectivity index (χ4n) is 5.26. The Balaban J connectivity index is 1.78. The highest BCUT2D eigenvalue weighted by atomic mass is 32.2.